The minimum absolute atomic E-state index is 0.108. The fourth-order valence-corrected chi connectivity index (χ4v) is 5.71. The molecule has 3 atom stereocenters. The van der Waals surface area contributed by atoms with Crippen molar-refractivity contribution in [2.45, 2.75) is 48.8 Å². The fourth-order valence-electron chi connectivity index (χ4n) is 3.91. The lowest BCUT2D eigenvalue weighted by molar-refractivity contribution is -0.147. The number of carboxylic acid groups (broad SMARTS) is 1. The Morgan fingerprint density at radius 2 is 1.85 bits per heavy atom. The molecule has 2 aromatic rings. The molecule has 0 heterocycles. The maximum absolute atomic E-state index is 11.9. The van der Waals surface area contributed by atoms with Crippen molar-refractivity contribution < 1.29 is 19.6 Å². The molecule has 0 bridgehead atoms. The van der Waals surface area contributed by atoms with Gasteiger partial charge >= 0.3 is 14.4 Å². The standard InChI is InChI=1S/C21H25O4PS/c22-20(23)19(12-15-6-2-1-3-7-15)21(24,26-25)14-27-18-11-10-16-8-4-5-9-17(16)13-18/h4-5,8-11,13,15,19,24H,1-3,6-7,12,14H2,(H,22,23)/p+1. The van der Waals surface area contributed by atoms with E-state index in [0.29, 0.717) is 12.3 Å². The van der Waals surface area contributed by atoms with Crippen LogP contribution in [0.1, 0.15) is 38.5 Å². The second-order valence-corrected chi connectivity index (χ2v) is 9.57. The first-order valence-electron chi connectivity index (χ1n) is 9.48. The molecule has 3 unspecified atom stereocenters. The van der Waals surface area contributed by atoms with E-state index in [-0.39, 0.29) is 5.75 Å². The highest BCUT2D eigenvalue weighted by atomic mass is 32.2. The monoisotopic (exact) mass is 405 g/mol. The third kappa shape index (κ3) is 5.10. The number of thioether (sulfide) groups is 1. The van der Waals surface area contributed by atoms with Gasteiger partial charge in [0.1, 0.15) is 5.92 Å². The summed E-state index contributed by atoms with van der Waals surface area (Å²) >= 11 is 1.37. The van der Waals surface area contributed by atoms with Crippen molar-refractivity contribution in [1.82, 2.24) is 0 Å². The first kappa shape index (κ1) is 20.3. The molecule has 2 aromatic carbocycles. The third-order valence-electron chi connectivity index (χ3n) is 5.52. The molecule has 1 aliphatic carbocycles. The van der Waals surface area contributed by atoms with Crippen molar-refractivity contribution in [1.29, 1.82) is 0 Å². The summed E-state index contributed by atoms with van der Waals surface area (Å²) in [6, 6.07) is 14.0. The Morgan fingerprint density at radius 1 is 1.15 bits per heavy atom. The van der Waals surface area contributed by atoms with Crippen LogP contribution in [-0.2, 0) is 9.36 Å². The summed E-state index contributed by atoms with van der Waals surface area (Å²) < 4.78 is 11.9. The number of carbonyl (C=O) groups is 1. The van der Waals surface area contributed by atoms with Crippen LogP contribution >= 0.6 is 20.2 Å². The number of fused-ring (bicyclic) bond motifs is 1. The third-order valence-corrected chi connectivity index (χ3v) is 7.83. The molecule has 0 aliphatic heterocycles. The van der Waals surface area contributed by atoms with Crippen LogP contribution in [0.3, 0.4) is 0 Å². The summed E-state index contributed by atoms with van der Waals surface area (Å²) in [6.45, 7) is 0. The number of hydrogen-bond acceptors (Lipinski definition) is 4. The summed E-state index contributed by atoms with van der Waals surface area (Å²) in [5.74, 6) is -1.64. The molecule has 1 saturated carbocycles. The maximum atomic E-state index is 11.9. The van der Waals surface area contributed by atoms with Gasteiger partial charge in [-0.1, -0.05) is 67.0 Å². The van der Waals surface area contributed by atoms with Crippen LogP contribution in [0, 0.1) is 11.8 Å². The SMILES string of the molecule is O=[PH+]C(O)(CSc1ccc2ccccc2c1)C(CC1CCCCC1)C(=O)O. The van der Waals surface area contributed by atoms with Crippen LogP contribution in [0.2, 0.25) is 0 Å². The van der Waals surface area contributed by atoms with Crippen LogP contribution in [-0.4, -0.2) is 27.3 Å². The Labute approximate surface area is 165 Å². The van der Waals surface area contributed by atoms with Gasteiger partial charge in [-0.05, 0) is 35.2 Å². The highest BCUT2D eigenvalue weighted by Gasteiger charge is 2.50. The quantitative estimate of drug-likeness (QED) is 0.459. The van der Waals surface area contributed by atoms with Crippen molar-refractivity contribution >= 4 is 37.0 Å². The molecule has 1 fully saturated rings. The molecule has 4 nitrogen and oxygen atoms in total. The molecule has 1 aliphatic rings. The van der Waals surface area contributed by atoms with E-state index in [4.69, 9.17) is 0 Å². The fraction of sp³-hybridized carbons (Fsp3) is 0.476. The molecule has 27 heavy (non-hydrogen) atoms. The summed E-state index contributed by atoms with van der Waals surface area (Å²) in [5.41, 5.74) is 0. The zero-order valence-corrected chi connectivity index (χ0v) is 17.1. The van der Waals surface area contributed by atoms with Gasteiger partial charge in [0.2, 0.25) is 0 Å². The smallest absolute Gasteiger partial charge is 0.361 e. The van der Waals surface area contributed by atoms with Crippen molar-refractivity contribution in [3.63, 3.8) is 0 Å². The summed E-state index contributed by atoms with van der Waals surface area (Å²) in [6.07, 6.45) is 5.82. The van der Waals surface area contributed by atoms with E-state index in [9.17, 15) is 19.6 Å². The van der Waals surface area contributed by atoms with Crippen LogP contribution in [0.25, 0.3) is 10.8 Å². The lowest BCUT2D eigenvalue weighted by Gasteiger charge is -2.28. The van der Waals surface area contributed by atoms with Gasteiger partial charge < -0.3 is 10.2 Å². The topological polar surface area (TPSA) is 74.6 Å². The lowest BCUT2D eigenvalue weighted by Crippen LogP contribution is -2.41. The van der Waals surface area contributed by atoms with Gasteiger partial charge in [0, 0.05) is 4.90 Å². The summed E-state index contributed by atoms with van der Waals surface area (Å²) in [5, 5.41) is 21.2. The van der Waals surface area contributed by atoms with Gasteiger partial charge in [0.25, 0.3) is 5.34 Å². The zero-order chi connectivity index (χ0) is 19.3. The predicted octanol–water partition coefficient (Wildman–Crippen LogP) is 5.32. The maximum Gasteiger partial charge on any atom is 0.361 e. The Morgan fingerprint density at radius 3 is 2.52 bits per heavy atom. The van der Waals surface area contributed by atoms with Crippen LogP contribution in [0.4, 0.5) is 0 Å². The lowest BCUT2D eigenvalue weighted by atomic mass is 9.81. The van der Waals surface area contributed by atoms with Gasteiger partial charge in [0.05, 0.1) is 5.75 Å². The van der Waals surface area contributed by atoms with Gasteiger partial charge in [-0.25, -0.2) is 0 Å². The number of rotatable bonds is 8. The minimum atomic E-state index is -1.71. The van der Waals surface area contributed by atoms with Gasteiger partial charge in [-0.2, -0.15) is 0 Å². The zero-order valence-electron chi connectivity index (χ0n) is 15.3. The molecule has 6 heteroatoms. The van der Waals surface area contributed by atoms with E-state index in [2.05, 4.69) is 0 Å². The summed E-state index contributed by atoms with van der Waals surface area (Å²) in [4.78, 5) is 12.8. The molecular weight excluding hydrogens is 379 g/mol. The van der Waals surface area contributed by atoms with Crippen LogP contribution in [0.5, 0.6) is 0 Å². The molecular formula is C21H26O4PS+. The molecule has 0 spiro atoms. The molecule has 2 N–H and O–H groups in total. The average Bonchev–Trinajstić information content (AvgIpc) is 2.70. The first-order valence-corrected chi connectivity index (χ1v) is 11.4. The number of aliphatic hydroxyl groups is 1. The second kappa shape index (κ2) is 9.18. The average molecular weight is 405 g/mol. The van der Waals surface area contributed by atoms with Crippen molar-refractivity contribution in [3.8, 4) is 0 Å². The minimum Gasteiger partial charge on any atom is -0.481 e. The Hall–Kier alpha value is -1.42. The molecule has 0 aromatic heterocycles. The van der Waals surface area contributed by atoms with E-state index < -0.39 is 25.7 Å². The van der Waals surface area contributed by atoms with E-state index in [1.807, 2.05) is 42.5 Å². The van der Waals surface area contributed by atoms with E-state index in [1.165, 1.54) is 18.2 Å². The number of aliphatic carboxylic acids is 1. The van der Waals surface area contributed by atoms with Crippen LogP contribution < -0.4 is 0 Å². The van der Waals surface area contributed by atoms with E-state index in [1.54, 1.807) is 0 Å². The number of carboxylic acids is 1. The highest BCUT2D eigenvalue weighted by Crippen LogP contribution is 2.41. The normalized spacial score (nSPS) is 19.0. The van der Waals surface area contributed by atoms with Gasteiger partial charge in [0.15, 0.2) is 0 Å². The van der Waals surface area contributed by atoms with E-state index >= 15 is 0 Å². The van der Waals surface area contributed by atoms with Crippen molar-refractivity contribution in [2.75, 3.05) is 5.75 Å². The first-order chi connectivity index (χ1) is 13.0. The Bertz CT molecular complexity index is 806. The predicted molar refractivity (Wildman–Crippen MR) is 111 cm³/mol. The molecule has 144 valence electrons. The molecule has 0 amide bonds. The molecule has 0 radical (unpaired) electrons. The molecule has 0 saturated heterocycles. The summed E-state index contributed by atoms with van der Waals surface area (Å²) in [7, 11) is -1.07. The highest BCUT2D eigenvalue weighted by molar-refractivity contribution is 7.99. The largest absolute Gasteiger partial charge is 0.481 e. The van der Waals surface area contributed by atoms with Crippen molar-refractivity contribution in [2.24, 2.45) is 11.8 Å². The van der Waals surface area contributed by atoms with Crippen LogP contribution in [0.15, 0.2) is 47.4 Å². The second-order valence-electron chi connectivity index (χ2n) is 7.45. The molecule has 3 rings (SSSR count). The van der Waals surface area contributed by atoms with E-state index in [0.717, 1.165) is 41.4 Å². The van der Waals surface area contributed by atoms with Gasteiger partial charge in [-0.3, -0.25) is 4.79 Å². The van der Waals surface area contributed by atoms with Crippen molar-refractivity contribution in [3.05, 3.63) is 42.5 Å². The Kier molecular flexibility index (Phi) is 6.91. The van der Waals surface area contributed by atoms with Gasteiger partial charge in [-0.15, -0.1) is 11.8 Å². The number of benzene rings is 2. The number of hydrogen-bond donors (Lipinski definition) is 2. The Balaban J connectivity index is 1.72.